The average molecular weight is 445 g/mol. The van der Waals surface area contributed by atoms with Gasteiger partial charge in [-0.1, -0.05) is 141 Å². The van der Waals surface area contributed by atoms with Crippen LogP contribution in [-0.2, 0) is 0 Å². The van der Waals surface area contributed by atoms with Crippen LogP contribution >= 0.6 is 0 Å². The summed E-state index contributed by atoms with van der Waals surface area (Å²) in [6.07, 6.45) is 31.2. The van der Waals surface area contributed by atoms with Crippen molar-refractivity contribution in [1.82, 2.24) is 0 Å². The van der Waals surface area contributed by atoms with Crippen molar-refractivity contribution in [3.63, 3.8) is 0 Å². The van der Waals surface area contributed by atoms with Crippen molar-refractivity contribution in [2.75, 3.05) is 6.61 Å². The van der Waals surface area contributed by atoms with Crippen LogP contribution in [0.15, 0.2) is 0 Å². The van der Waals surface area contributed by atoms with Gasteiger partial charge in [0.1, 0.15) is 0 Å². The number of rotatable bonds is 26. The summed E-state index contributed by atoms with van der Waals surface area (Å²) in [6, 6.07) is 0. The van der Waals surface area contributed by atoms with Gasteiger partial charge in [-0.3, -0.25) is 0 Å². The van der Waals surface area contributed by atoms with Gasteiger partial charge in [-0.15, -0.1) is 0 Å². The summed E-state index contributed by atoms with van der Waals surface area (Å²) >= 11 is 0. The first-order valence-electron chi connectivity index (χ1n) is 13.8. The minimum atomic E-state index is -2.47. The van der Waals surface area contributed by atoms with E-state index in [0.29, 0.717) is 13.0 Å². The Hall–Kier alpha value is -0.160. The van der Waals surface area contributed by atoms with E-state index in [1.807, 2.05) is 0 Å². The summed E-state index contributed by atoms with van der Waals surface area (Å²) in [5, 5.41) is 35.2. The maximum atomic E-state index is 8.81. The van der Waals surface area contributed by atoms with E-state index in [0.717, 1.165) is 19.3 Å². The zero-order valence-electron chi connectivity index (χ0n) is 20.7. The van der Waals surface area contributed by atoms with E-state index >= 15 is 0 Å². The Balaban J connectivity index is 3.02. The summed E-state index contributed by atoms with van der Waals surface area (Å²) in [7, 11) is 0. The summed E-state index contributed by atoms with van der Waals surface area (Å²) in [4.78, 5) is 0. The van der Waals surface area contributed by atoms with Crippen molar-refractivity contribution in [2.24, 2.45) is 0 Å². The van der Waals surface area contributed by atoms with Crippen LogP contribution in [0.25, 0.3) is 0 Å². The molecule has 0 aromatic carbocycles. The third-order valence-corrected chi connectivity index (χ3v) is 6.42. The molecule has 0 saturated heterocycles. The third kappa shape index (κ3) is 29.8. The number of unbranched alkanes of at least 4 members (excludes halogenated alkanes) is 23. The van der Waals surface area contributed by atoms with Gasteiger partial charge in [0.25, 0.3) is 5.97 Å². The quantitative estimate of drug-likeness (QED) is 0.0829. The molecule has 0 aliphatic rings. The van der Waals surface area contributed by atoms with Crippen LogP contribution < -0.4 is 0 Å². The van der Waals surface area contributed by atoms with Crippen LogP contribution in [0, 0.1) is 0 Å². The van der Waals surface area contributed by atoms with Gasteiger partial charge < -0.3 is 20.4 Å². The first-order valence-corrected chi connectivity index (χ1v) is 13.8. The fraction of sp³-hybridized carbons (Fsp3) is 1.00. The molecule has 0 amide bonds. The van der Waals surface area contributed by atoms with Gasteiger partial charge in [-0.2, -0.15) is 0 Å². The molecule has 0 radical (unpaired) electrons. The lowest BCUT2D eigenvalue weighted by molar-refractivity contribution is -0.315. The second-order valence-corrected chi connectivity index (χ2v) is 9.73. The monoisotopic (exact) mass is 444 g/mol. The molecule has 0 rings (SSSR count). The van der Waals surface area contributed by atoms with Gasteiger partial charge in [-0.25, -0.2) is 0 Å². The lowest BCUT2D eigenvalue weighted by Gasteiger charge is -2.12. The molecule has 0 unspecified atom stereocenters. The van der Waals surface area contributed by atoms with Gasteiger partial charge in [0.15, 0.2) is 0 Å². The summed E-state index contributed by atoms with van der Waals surface area (Å²) in [5.41, 5.74) is 0. The molecule has 0 aliphatic carbocycles. The second-order valence-electron chi connectivity index (χ2n) is 9.73. The van der Waals surface area contributed by atoms with Crippen molar-refractivity contribution in [2.45, 2.75) is 166 Å². The van der Waals surface area contributed by atoms with E-state index in [2.05, 4.69) is 0 Å². The molecule has 0 saturated carbocycles. The maximum Gasteiger partial charge on any atom is 0.275 e. The molecule has 4 heteroatoms. The average Bonchev–Trinajstić information content (AvgIpc) is 2.73. The van der Waals surface area contributed by atoms with Crippen LogP contribution in [0.3, 0.4) is 0 Å². The molecule has 0 aromatic heterocycles. The van der Waals surface area contributed by atoms with Crippen molar-refractivity contribution in [3.8, 4) is 0 Å². The Morgan fingerprint density at radius 1 is 0.290 bits per heavy atom. The van der Waals surface area contributed by atoms with E-state index in [9.17, 15) is 0 Å². The van der Waals surface area contributed by atoms with Crippen molar-refractivity contribution in [1.29, 1.82) is 0 Å². The number of aliphatic hydroxyl groups excluding tert-OH is 1. The minimum absolute atomic E-state index is 0.0563. The molecule has 0 spiro atoms. The minimum Gasteiger partial charge on any atom is -0.396 e. The highest BCUT2D eigenvalue weighted by molar-refractivity contribution is 4.53. The molecular formula is C27H56O4. The van der Waals surface area contributed by atoms with Crippen LogP contribution in [0.1, 0.15) is 161 Å². The standard InChI is InChI=1S/C27H56O4/c28-26-24-22-20-18-16-14-12-10-8-6-4-2-1-3-5-7-9-11-13-15-17-19-21-23-25-27(29,30)31/h28-31H,1-26H2. The number of aliphatic hydroxyl groups is 4. The highest BCUT2D eigenvalue weighted by Crippen LogP contribution is 2.16. The Bertz CT molecular complexity index is 328. The molecular weight excluding hydrogens is 388 g/mol. The van der Waals surface area contributed by atoms with Crippen molar-refractivity contribution >= 4 is 0 Å². The van der Waals surface area contributed by atoms with Crippen LogP contribution in [-0.4, -0.2) is 33.0 Å². The van der Waals surface area contributed by atoms with Gasteiger partial charge >= 0.3 is 0 Å². The molecule has 0 aromatic rings. The van der Waals surface area contributed by atoms with Gasteiger partial charge in [0.2, 0.25) is 0 Å². The SMILES string of the molecule is OCCCCCCCCCCCCCCCCCCCCCCCCCCC(O)(O)O. The fourth-order valence-electron chi connectivity index (χ4n) is 4.36. The van der Waals surface area contributed by atoms with E-state index in [1.165, 1.54) is 128 Å². The molecule has 0 heterocycles. The Kier molecular flexibility index (Phi) is 24.4. The smallest absolute Gasteiger partial charge is 0.275 e. The zero-order valence-corrected chi connectivity index (χ0v) is 20.7. The molecule has 4 nitrogen and oxygen atoms in total. The topological polar surface area (TPSA) is 80.9 Å². The highest BCUT2D eigenvalue weighted by atomic mass is 16.7. The number of hydrogen-bond acceptors (Lipinski definition) is 4. The van der Waals surface area contributed by atoms with Gasteiger partial charge in [0, 0.05) is 13.0 Å². The van der Waals surface area contributed by atoms with E-state index in [4.69, 9.17) is 20.4 Å². The molecule has 188 valence electrons. The predicted molar refractivity (Wildman–Crippen MR) is 132 cm³/mol. The lowest BCUT2D eigenvalue weighted by Crippen LogP contribution is -2.26. The molecule has 0 aliphatic heterocycles. The van der Waals surface area contributed by atoms with E-state index < -0.39 is 5.97 Å². The summed E-state index contributed by atoms with van der Waals surface area (Å²) in [5.74, 6) is -2.47. The van der Waals surface area contributed by atoms with Crippen molar-refractivity contribution < 1.29 is 20.4 Å². The first-order chi connectivity index (χ1) is 15.1. The van der Waals surface area contributed by atoms with Crippen LogP contribution in [0.2, 0.25) is 0 Å². The maximum absolute atomic E-state index is 8.81. The molecule has 0 bridgehead atoms. The Morgan fingerprint density at radius 3 is 0.677 bits per heavy atom. The highest BCUT2D eigenvalue weighted by Gasteiger charge is 2.16. The molecule has 0 fully saturated rings. The Labute approximate surface area is 193 Å². The first kappa shape index (κ1) is 30.8. The Morgan fingerprint density at radius 2 is 0.484 bits per heavy atom. The van der Waals surface area contributed by atoms with E-state index in [-0.39, 0.29) is 6.42 Å². The zero-order chi connectivity index (χ0) is 22.9. The summed E-state index contributed by atoms with van der Waals surface area (Å²) in [6.45, 7) is 0.358. The molecule has 0 atom stereocenters. The molecule has 31 heavy (non-hydrogen) atoms. The molecule has 4 N–H and O–H groups in total. The normalized spacial score (nSPS) is 12.0. The lowest BCUT2D eigenvalue weighted by atomic mass is 10.0. The third-order valence-electron chi connectivity index (χ3n) is 6.42. The van der Waals surface area contributed by atoms with E-state index in [1.54, 1.807) is 0 Å². The number of hydrogen-bond donors (Lipinski definition) is 4. The second kappa shape index (κ2) is 24.5. The summed E-state index contributed by atoms with van der Waals surface area (Å²) < 4.78 is 0. The predicted octanol–water partition coefficient (Wildman–Crippen LogP) is 7.36. The fourth-order valence-corrected chi connectivity index (χ4v) is 4.36. The van der Waals surface area contributed by atoms with Crippen LogP contribution in [0.5, 0.6) is 0 Å². The van der Waals surface area contributed by atoms with Gasteiger partial charge in [0.05, 0.1) is 0 Å². The van der Waals surface area contributed by atoms with Crippen molar-refractivity contribution in [3.05, 3.63) is 0 Å². The van der Waals surface area contributed by atoms with Gasteiger partial charge in [-0.05, 0) is 12.8 Å². The largest absolute Gasteiger partial charge is 0.396 e. The van der Waals surface area contributed by atoms with Crippen LogP contribution in [0.4, 0.5) is 0 Å².